The minimum Gasteiger partial charge on any atom is -0.310 e. The smallest absolute Gasteiger partial charge is 0.0540 e. The Labute approximate surface area is 225 Å². The minimum absolute atomic E-state index is 1.03. The summed E-state index contributed by atoms with van der Waals surface area (Å²) in [5.74, 6) is 0. The summed E-state index contributed by atoms with van der Waals surface area (Å²) in [4.78, 5) is 2.38. The van der Waals surface area contributed by atoms with E-state index < -0.39 is 0 Å². The Morgan fingerprint density at radius 3 is 1.66 bits per heavy atom. The highest BCUT2D eigenvalue weighted by Crippen LogP contribution is 2.39. The SMILES string of the molecule is Cc1ccc(CCc2ccc(N(c3ccc(-c4ccccc4)cc3)c3cccc4ccccc34)cc2)cc1. The first-order valence-corrected chi connectivity index (χ1v) is 13.3. The summed E-state index contributed by atoms with van der Waals surface area (Å²) in [5, 5.41) is 2.48. The number of hydrogen-bond acceptors (Lipinski definition) is 1. The third-order valence-corrected chi connectivity index (χ3v) is 7.26. The molecular weight excluding hydrogens is 458 g/mol. The molecular formula is C37H31N. The summed E-state index contributed by atoms with van der Waals surface area (Å²) in [6.07, 6.45) is 2.08. The van der Waals surface area contributed by atoms with Gasteiger partial charge in [-0.15, -0.1) is 0 Å². The second-order valence-electron chi connectivity index (χ2n) is 9.90. The lowest BCUT2D eigenvalue weighted by atomic mass is 10.0. The van der Waals surface area contributed by atoms with Crippen LogP contribution in [-0.4, -0.2) is 0 Å². The molecule has 6 aromatic carbocycles. The molecule has 0 bridgehead atoms. The third-order valence-electron chi connectivity index (χ3n) is 7.26. The average molecular weight is 490 g/mol. The molecule has 6 aromatic rings. The van der Waals surface area contributed by atoms with E-state index in [2.05, 4.69) is 157 Å². The van der Waals surface area contributed by atoms with Gasteiger partial charge in [-0.3, -0.25) is 0 Å². The molecule has 6 rings (SSSR count). The highest BCUT2D eigenvalue weighted by Gasteiger charge is 2.15. The van der Waals surface area contributed by atoms with E-state index in [0.29, 0.717) is 0 Å². The zero-order chi connectivity index (χ0) is 25.7. The Morgan fingerprint density at radius 1 is 0.447 bits per heavy atom. The Hall–Kier alpha value is -4.62. The molecule has 0 radical (unpaired) electrons. The van der Waals surface area contributed by atoms with Crippen molar-refractivity contribution >= 4 is 27.8 Å². The monoisotopic (exact) mass is 489 g/mol. The average Bonchev–Trinajstić information content (AvgIpc) is 2.99. The van der Waals surface area contributed by atoms with Gasteiger partial charge in [0, 0.05) is 16.8 Å². The van der Waals surface area contributed by atoms with Crippen molar-refractivity contribution in [3.63, 3.8) is 0 Å². The van der Waals surface area contributed by atoms with Crippen molar-refractivity contribution in [1.82, 2.24) is 0 Å². The van der Waals surface area contributed by atoms with Gasteiger partial charge in [0.25, 0.3) is 0 Å². The Balaban J connectivity index is 1.35. The fraction of sp³-hybridized carbons (Fsp3) is 0.0811. The largest absolute Gasteiger partial charge is 0.310 e. The lowest BCUT2D eigenvalue weighted by Gasteiger charge is -2.27. The van der Waals surface area contributed by atoms with E-state index in [1.807, 2.05) is 0 Å². The van der Waals surface area contributed by atoms with E-state index in [9.17, 15) is 0 Å². The normalized spacial score (nSPS) is 11.0. The van der Waals surface area contributed by atoms with Crippen LogP contribution in [0.3, 0.4) is 0 Å². The lowest BCUT2D eigenvalue weighted by molar-refractivity contribution is 0.959. The van der Waals surface area contributed by atoms with Crippen LogP contribution >= 0.6 is 0 Å². The van der Waals surface area contributed by atoms with Crippen LogP contribution in [0.2, 0.25) is 0 Å². The summed E-state index contributed by atoms with van der Waals surface area (Å²) in [5.41, 5.74) is 9.99. The van der Waals surface area contributed by atoms with Gasteiger partial charge in [0.2, 0.25) is 0 Å². The zero-order valence-corrected chi connectivity index (χ0v) is 21.7. The molecule has 0 aliphatic carbocycles. The molecule has 38 heavy (non-hydrogen) atoms. The number of rotatable bonds is 7. The maximum atomic E-state index is 2.38. The van der Waals surface area contributed by atoms with Gasteiger partial charge < -0.3 is 4.90 Å². The molecule has 0 heterocycles. The van der Waals surface area contributed by atoms with Crippen LogP contribution in [-0.2, 0) is 12.8 Å². The van der Waals surface area contributed by atoms with Gasteiger partial charge in [-0.25, -0.2) is 0 Å². The predicted molar refractivity (Wildman–Crippen MR) is 163 cm³/mol. The second kappa shape index (κ2) is 10.8. The molecule has 0 saturated heterocycles. The minimum atomic E-state index is 1.03. The summed E-state index contributed by atoms with van der Waals surface area (Å²) in [7, 11) is 0. The Bertz CT molecular complexity index is 1630. The van der Waals surface area contributed by atoms with Crippen molar-refractivity contribution in [3.05, 3.63) is 162 Å². The quantitative estimate of drug-likeness (QED) is 0.216. The van der Waals surface area contributed by atoms with E-state index in [1.54, 1.807) is 0 Å². The molecule has 0 atom stereocenters. The third kappa shape index (κ3) is 5.10. The highest BCUT2D eigenvalue weighted by atomic mass is 15.1. The van der Waals surface area contributed by atoms with E-state index in [-0.39, 0.29) is 0 Å². The highest BCUT2D eigenvalue weighted by molar-refractivity contribution is 5.98. The molecule has 0 amide bonds. The van der Waals surface area contributed by atoms with Crippen LogP contribution in [0.15, 0.2) is 146 Å². The van der Waals surface area contributed by atoms with Gasteiger partial charge in [0.15, 0.2) is 0 Å². The Morgan fingerprint density at radius 2 is 0.974 bits per heavy atom. The van der Waals surface area contributed by atoms with Crippen molar-refractivity contribution in [2.24, 2.45) is 0 Å². The van der Waals surface area contributed by atoms with Crippen molar-refractivity contribution in [2.45, 2.75) is 19.8 Å². The molecule has 184 valence electrons. The standard InChI is InChI=1S/C37H31N/c1-28-14-16-29(17-15-28)18-19-30-20-24-34(25-21-30)38(37-13-7-11-33-10-5-6-12-36(33)37)35-26-22-32(23-27-35)31-8-3-2-4-9-31/h2-17,20-27H,18-19H2,1H3. The molecule has 0 aliphatic rings. The number of nitrogens with zero attached hydrogens (tertiary/aromatic N) is 1. The first-order valence-electron chi connectivity index (χ1n) is 13.3. The first-order chi connectivity index (χ1) is 18.7. The van der Waals surface area contributed by atoms with Gasteiger partial charge in [0.05, 0.1) is 5.69 Å². The van der Waals surface area contributed by atoms with E-state index in [0.717, 1.165) is 24.2 Å². The fourth-order valence-corrected chi connectivity index (χ4v) is 5.12. The van der Waals surface area contributed by atoms with Gasteiger partial charge in [-0.1, -0.05) is 121 Å². The maximum Gasteiger partial charge on any atom is 0.0540 e. The molecule has 1 heteroatoms. The lowest BCUT2D eigenvalue weighted by Crippen LogP contribution is -2.10. The van der Waals surface area contributed by atoms with Crippen molar-refractivity contribution in [3.8, 4) is 11.1 Å². The van der Waals surface area contributed by atoms with Crippen molar-refractivity contribution in [2.75, 3.05) is 4.90 Å². The zero-order valence-electron chi connectivity index (χ0n) is 21.7. The van der Waals surface area contributed by atoms with Crippen LogP contribution in [0.5, 0.6) is 0 Å². The van der Waals surface area contributed by atoms with Gasteiger partial charge in [0.1, 0.15) is 0 Å². The van der Waals surface area contributed by atoms with Gasteiger partial charge in [-0.2, -0.15) is 0 Å². The van der Waals surface area contributed by atoms with Gasteiger partial charge >= 0.3 is 0 Å². The number of aryl methyl sites for hydroxylation is 3. The molecule has 0 N–H and O–H groups in total. The van der Waals surface area contributed by atoms with E-state index in [1.165, 1.54) is 44.3 Å². The molecule has 0 unspecified atom stereocenters. The summed E-state index contributed by atoms with van der Waals surface area (Å²) >= 11 is 0. The van der Waals surface area contributed by atoms with E-state index >= 15 is 0 Å². The van der Waals surface area contributed by atoms with Crippen LogP contribution < -0.4 is 4.90 Å². The molecule has 0 aromatic heterocycles. The summed E-state index contributed by atoms with van der Waals surface area (Å²) < 4.78 is 0. The van der Waals surface area contributed by atoms with Crippen molar-refractivity contribution in [1.29, 1.82) is 0 Å². The number of benzene rings is 6. The molecule has 1 nitrogen and oxygen atoms in total. The number of hydrogen-bond donors (Lipinski definition) is 0. The predicted octanol–water partition coefficient (Wildman–Crippen LogP) is 10.1. The second-order valence-corrected chi connectivity index (χ2v) is 9.90. The summed E-state index contributed by atoms with van der Waals surface area (Å²) in [6.45, 7) is 2.14. The Kier molecular flexibility index (Phi) is 6.74. The van der Waals surface area contributed by atoms with Crippen molar-refractivity contribution < 1.29 is 0 Å². The number of anilines is 3. The number of fused-ring (bicyclic) bond motifs is 1. The van der Waals surface area contributed by atoms with Gasteiger partial charge in [-0.05, 0) is 77.7 Å². The van der Waals surface area contributed by atoms with Crippen LogP contribution in [0.1, 0.15) is 16.7 Å². The molecule has 0 aliphatic heterocycles. The first kappa shape index (κ1) is 23.8. The summed E-state index contributed by atoms with van der Waals surface area (Å²) in [6, 6.07) is 52.6. The fourth-order valence-electron chi connectivity index (χ4n) is 5.12. The molecule has 0 saturated carbocycles. The topological polar surface area (TPSA) is 3.24 Å². The maximum absolute atomic E-state index is 2.38. The molecule has 0 spiro atoms. The van der Waals surface area contributed by atoms with E-state index in [4.69, 9.17) is 0 Å². The van der Waals surface area contributed by atoms with Crippen LogP contribution in [0.4, 0.5) is 17.1 Å². The van der Waals surface area contributed by atoms with Crippen LogP contribution in [0, 0.1) is 6.92 Å². The molecule has 0 fully saturated rings. The van der Waals surface area contributed by atoms with Crippen LogP contribution in [0.25, 0.3) is 21.9 Å².